The first kappa shape index (κ1) is 59.3. The minimum Gasteiger partial charge on any atom is -0.465 e. The van der Waals surface area contributed by atoms with Crippen LogP contribution in [-0.2, 0) is 47.7 Å². The molecule has 81 heavy (non-hydrogen) atoms. The Morgan fingerprint density at radius 1 is 0.568 bits per heavy atom. The Bertz CT molecular complexity index is 2990. The van der Waals surface area contributed by atoms with E-state index in [9.17, 15) is 28.8 Å². The normalized spacial score (nSPS) is 24.3. The largest absolute Gasteiger partial charge is 0.465 e. The molecule has 4 aromatic rings. The number of benzene rings is 4. The molecule has 8 aliphatic rings. The van der Waals surface area contributed by atoms with Crippen LogP contribution in [-0.4, -0.2) is 131 Å². The van der Waals surface area contributed by atoms with Crippen molar-refractivity contribution < 1.29 is 57.3 Å². The number of esters is 1. The Hall–Kier alpha value is -7.84. The van der Waals surface area contributed by atoms with Gasteiger partial charge in [-0.2, -0.15) is 9.59 Å². The van der Waals surface area contributed by atoms with Gasteiger partial charge in [0.2, 0.25) is 11.8 Å². The molecule has 2 aliphatic carbocycles. The van der Waals surface area contributed by atoms with E-state index in [0.717, 1.165) is 36.8 Å². The van der Waals surface area contributed by atoms with Crippen molar-refractivity contribution in [3.05, 3.63) is 144 Å². The fourth-order valence-electron chi connectivity index (χ4n) is 13.3. The summed E-state index contributed by atoms with van der Waals surface area (Å²) in [4.78, 5) is 98.0. The molecule has 0 aromatic heterocycles. The Morgan fingerprint density at radius 2 is 0.975 bits per heavy atom. The lowest BCUT2D eigenvalue weighted by Gasteiger charge is -2.39. The lowest BCUT2D eigenvalue weighted by atomic mass is 9.84. The highest BCUT2D eigenvalue weighted by molar-refractivity contribution is 5.89. The zero-order chi connectivity index (χ0) is 57.0. The SMILES string of the molecule is C.CC(=O)OCC1c2ccccc2-c2ccccc21.CC(C)(C)OC(=O)N1CC[C@@H]2C=CC3CC[C@@H](C(C)(C)C)N3C(=O)C21.O=C=O.O=CO[C@@H]1CCC2C=C[C@H]3CCN(C(=O)OCC4c5ccccc5-c5ccccc54)C3C(=O)N21. The van der Waals surface area contributed by atoms with Gasteiger partial charge in [-0.05, 0) is 103 Å². The van der Waals surface area contributed by atoms with Crippen LogP contribution in [0.2, 0.25) is 0 Å². The maximum Gasteiger partial charge on any atom is 0.410 e. The van der Waals surface area contributed by atoms with Crippen molar-refractivity contribution in [2.45, 2.75) is 148 Å². The molecule has 12 rings (SSSR count). The monoisotopic (exact) mass is 1100 g/mol. The predicted octanol–water partition coefficient (Wildman–Crippen LogP) is 10.7. The zero-order valence-corrected chi connectivity index (χ0v) is 46.7. The molecular formula is C65H76N4O12. The third kappa shape index (κ3) is 12.3. The summed E-state index contributed by atoms with van der Waals surface area (Å²) in [6.07, 6.45) is 12.2. The Kier molecular flexibility index (Phi) is 18.2. The number of hydrogen-bond acceptors (Lipinski definition) is 12. The minimum atomic E-state index is -0.632. The van der Waals surface area contributed by atoms with Crippen LogP contribution in [0.15, 0.2) is 121 Å². The van der Waals surface area contributed by atoms with E-state index in [1.165, 1.54) is 40.3 Å². The molecule has 4 unspecified atom stereocenters. The van der Waals surface area contributed by atoms with Gasteiger partial charge in [0.15, 0.2) is 6.23 Å². The lowest BCUT2D eigenvalue weighted by molar-refractivity contribution is -0.191. The van der Waals surface area contributed by atoms with Crippen LogP contribution in [0.4, 0.5) is 9.59 Å². The van der Waals surface area contributed by atoms with E-state index in [1.54, 1.807) is 14.7 Å². The van der Waals surface area contributed by atoms with E-state index < -0.39 is 30.0 Å². The van der Waals surface area contributed by atoms with Crippen molar-refractivity contribution in [3.8, 4) is 22.3 Å². The number of hydrogen-bond donors (Lipinski definition) is 0. The molecule has 4 aromatic carbocycles. The number of carbonyl (C=O) groups excluding carboxylic acids is 8. The summed E-state index contributed by atoms with van der Waals surface area (Å²) < 4.78 is 21.8. The number of likely N-dealkylation sites (tertiary alicyclic amines) is 2. The maximum atomic E-state index is 13.5. The van der Waals surface area contributed by atoms with Crippen molar-refractivity contribution in [1.82, 2.24) is 19.6 Å². The third-order valence-corrected chi connectivity index (χ3v) is 16.7. The van der Waals surface area contributed by atoms with Gasteiger partial charge in [-0.3, -0.25) is 33.9 Å². The van der Waals surface area contributed by atoms with Crippen LogP contribution in [0.3, 0.4) is 0 Å². The summed E-state index contributed by atoms with van der Waals surface area (Å²) in [6.45, 7) is 15.7. The van der Waals surface area contributed by atoms with Crippen LogP contribution in [0.5, 0.6) is 0 Å². The summed E-state index contributed by atoms with van der Waals surface area (Å²) in [5, 5.41) is 0. The van der Waals surface area contributed by atoms with Gasteiger partial charge in [-0.1, -0.05) is 150 Å². The molecule has 4 fully saturated rings. The smallest absolute Gasteiger partial charge is 0.410 e. The average molecular weight is 1110 g/mol. The first-order valence-electron chi connectivity index (χ1n) is 27.9. The first-order chi connectivity index (χ1) is 38.3. The van der Waals surface area contributed by atoms with E-state index in [2.05, 4.69) is 86.4 Å². The fraction of sp³-hybridized carbons (Fsp3) is 0.462. The van der Waals surface area contributed by atoms with E-state index in [-0.39, 0.29) is 91.3 Å². The predicted molar refractivity (Wildman–Crippen MR) is 303 cm³/mol. The number of carbonyl (C=O) groups is 6. The molecule has 8 atom stereocenters. The molecule has 16 nitrogen and oxygen atoms in total. The van der Waals surface area contributed by atoms with Crippen LogP contribution >= 0.6 is 0 Å². The lowest BCUT2D eigenvalue weighted by Crippen LogP contribution is -2.55. The molecule has 4 saturated heterocycles. The molecule has 6 aliphatic heterocycles. The molecule has 4 amide bonds. The van der Waals surface area contributed by atoms with Gasteiger partial charge >= 0.3 is 24.3 Å². The van der Waals surface area contributed by atoms with Crippen molar-refractivity contribution >= 4 is 42.6 Å². The maximum absolute atomic E-state index is 13.5. The first-order valence-corrected chi connectivity index (χ1v) is 27.9. The highest BCUT2D eigenvalue weighted by Gasteiger charge is 2.52. The molecule has 0 radical (unpaired) electrons. The highest BCUT2D eigenvalue weighted by atomic mass is 16.6. The van der Waals surface area contributed by atoms with Gasteiger partial charge in [0.1, 0.15) is 30.9 Å². The van der Waals surface area contributed by atoms with Gasteiger partial charge < -0.3 is 23.8 Å². The topological polar surface area (TPSA) is 186 Å². The summed E-state index contributed by atoms with van der Waals surface area (Å²) in [5.74, 6) is -0.121. The van der Waals surface area contributed by atoms with Gasteiger partial charge in [-0.25, -0.2) is 9.59 Å². The number of fused-ring (bicyclic) bond motifs is 10. The van der Waals surface area contributed by atoms with Gasteiger partial charge in [0, 0.05) is 56.1 Å². The quantitative estimate of drug-likeness (QED) is 0.0771. The van der Waals surface area contributed by atoms with Crippen LogP contribution in [0, 0.1) is 17.3 Å². The Labute approximate surface area is 475 Å². The molecule has 0 bridgehead atoms. The summed E-state index contributed by atoms with van der Waals surface area (Å²) in [5.41, 5.74) is 9.14. The summed E-state index contributed by atoms with van der Waals surface area (Å²) in [7, 11) is 0. The van der Waals surface area contributed by atoms with Crippen LogP contribution in [0.1, 0.15) is 129 Å². The Balaban J connectivity index is 0.000000162. The number of ether oxygens (including phenoxy) is 4. The molecule has 0 saturated carbocycles. The second kappa shape index (κ2) is 24.9. The van der Waals surface area contributed by atoms with E-state index in [1.807, 2.05) is 81.5 Å². The van der Waals surface area contributed by atoms with Gasteiger partial charge in [0.05, 0.1) is 12.1 Å². The molecule has 0 N–H and O–H groups in total. The molecular weight excluding hydrogens is 1030 g/mol. The van der Waals surface area contributed by atoms with E-state index in [4.69, 9.17) is 28.5 Å². The summed E-state index contributed by atoms with van der Waals surface area (Å²) >= 11 is 0. The standard InChI is InChI=1S/C27H26N2O5.C20H32N2O3.C16H14O2.CO2.CH4/c30-16-34-24-12-11-18-10-9-17-13-14-28(25(17)26(31)29(18)24)27(32)33-15-23-21-7-3-1-5-19(21)20-6-2-4-8-22(20)23;1-19(2,3)15-10-9-14-8-7-13-11-12-21(16(13)17(23)22(14)15)18(24)25-20(4,5)6;1-11(17)18-10-16-14-8-4-2-6-12(14)13-7-3-5-9-15(13)16;2-1-3;/h1-10,16-18,23-25H,11-15H2;7-8,13-16H,9-12H2,1-6H3;2-9,16H,10H2,1H3;;1H4/t17-,18?,24+,25?;13-,14?,15-,16?;;;/m00.../s1. The van der Waals surface area contributed by atoms with Crippen molar-refractivity contribution in [3.63, 3.8) is 0 Å². The van der Waals surface area contributed by atoms with Gasteiger partial charge in [0.25, 0.3) is 6.47 Å². The third-order valence-electron chi connectivity index (χ3n) is 16.7. The second-order valence-electron chi connectivity index (χ2n) is 23.7. The number of nitrogens with zero attached hydrogens (tertiary/aromatic N) is 4. The molecule has 6 heterocycles. The zero-order valence-electron chi connectivity index (χ0n) is 46.7. The van der Waals surface area contributed by atoms with Crippen LogP contribution < -0.4 is 0 Å². The van der Waals surface area contributed by atoms with E-state index in [0.29, 0.717) is 39.0 Å². The van der Waals surface area contributed by atoms with Crippen molar-refractivity contribution in [2.75, 3.05) is 26.3 Å². The number of amides is 4. The minimum absolute atomic E-state index is 0. The van der Waals surface area contributed by atoms with Crippen molar-refractivity contribution in [1.29, 1.82) is 0 Å². The van der Waals surface area contributed by atoms with E-state index >= 15 is 0 Å². The number of rotatable bonds is 6. The highest BCUT2D eigenvalue weighted by Crippen LogP contribution is 2.47. The fourth-order valence-corrected chi connectivity index (χ4v) is 13.3. The Morgan fingerprint density at radius 3 is 1.41 bits per heavy atom. The second-order valence-corrected chi connectivity index (χ2v) is 23.7. The molecule has 16 heteroatoms. The van der Waals surface area contributed by atoms with Crippen LogP contribution in [0.25, 0.3) is 22.3 Å². The van der Waals surface area contributed by atoms with Crippen molar-refractivity contribution in [2.24, 2.45) is 17.3 Å². The average Bonchev–Trinajstić information content (AvgIpc) is 3.97. The molecule has 428 valence electrons. The summed E-state index contributed by atoms with van der Waals surface area (Å²) in [6, 6.07) is 32.3. The van der Waals surface area contributed by atoms with Gasteiger partial charge in [-0.15, -0.1) is 0 Å². The molecule has 0 spiro atoms.